The van der Waals surface area contributed by atoms with Gasteiger partial charge in [0.2, 0.25) is 0 Å². The van der Waals surface area contributed by atoms with Crippen LogP contribution in [0.1, 0.15) is 34.8 Å². The van der Waals surface area contributed by atoms with Gasteiger partial charge in [0.1, 0.15) is 0 Å². The van der Waals surface area contributed by atoms with Crippen LogP contribution >= 0.6 is 0 Å². The molecule has 4 rings (SSSR count). The van der Waals surface area contributed by atoms with Crippen LogP contribution in [0.5, 0.6) is 0 Å². The zero-order valence-electron chi connectivity index (χ0n) is 16.1. The van der Waals surface area contributed by atoms with Crippen molar-refractivity contribution in [3.05, 3.63) is 120 Å². The van der Waals surface area contributed by atoms with Gasteiger partial charge in [-0.1, -0.05) is 110 Å². The Bertz CT molecular complexity index is 1080. The lowest BCUT2D eigenvalue weighted by Gasteiger charge is -2.30. The van der Waals surface area contributed by atoms with E-state index < -0.39 is 0 Å². The molecule has 0 heterocycles. The van der Waals surface area contributed by atoms with Crippen molar-refractivity contribution < 1.29 is 4.79 Å². The maximum atomic E-state index is 13.0. The maximum Gasteiger partial charge on any atom is 0.163 e. The molecular formula is C27H24O. The summed E-state index contributed by atoms with van der Waals surface area (Å²) in [5, 5.41) is 2.48. The molecule has 0 aliphatic carbocycles. The lowest BCUT2D eigenvalue weighted by atomic mass is 9.73. The summed E-state index contributed by atoms with van der Waals surface area (Å²) >= 11 is 0. The van der Waals surface area contributed by atoms with Gasteiger partial charge in [0.25, 0.3) is 0 Å². The van der Waals surface area contributed by atoms with E-state index in [2.05, 4.69) is 73.7 Å². The first-order chi connectivity index (χ1) is 13.6. The summed E-state index contributed by atoms with van der Waals surface area (Å²) in [7, 11) is 0. The second-order valence-corrected chi connectivity index (χ2v) is 7.75. The van der Waals surface area contributed by atoms with Crippen LogP contribution in [-0.2, 0) is 11.8 Å². The van der Waals surface area contributed by atoms with E-state index in [1.165, 1.54) is 21.9 Å². The van der Waals surface area contributed by atoms with E-state index in [-0.39, 0.29) is 11.2 Å². The van der Waals surface area contributed by atoms with Crippen LogP contribution in [0.15, 0.2) is 103 Å². The Hall–Kier alpha value is -3.19. The van der Waals surface area contributed by atoms with Crippen molar-refractivity contribution >= 4 is 16.6 Å². The highest BCUT2D eigenvalue weighted by atomic mass is 16.1. The zero-order valence-corrected chi connectivity index (χ0v) is 16.1. The number of hydrogen-bond acceptors (Lipinski definition) is 1. The van der Waals surface area contributed by atoms with Crippen molar-refractivity contribution in [2.75, 3.05) is 0 Å². The first kappa shape index (κ1) is 18.2. The Morgan fingerprint density at radius 3 is 2.04 bits per heavy atom. The van der Waals surface area contributed by atoms with Gasteiger partial charge in [0.15, 0.2) is 5.78 Å². The predicted octanol–water partition coefficient (Wildman–Crippen LogP) is 6.61. The lowest BCUT2D eigenvalue weighted by Crippen LogP contribution is -2.28. The van der Waals surface area contributed by atoms with Crippen molar-refractivity contribution in [2.24, 2.45) is 0 Å². The van der Waals surface area contributed by atoms with Crippen LogP contribution in [0.25, 0.3) is 10.8 Å². The van der Waals surface area contributed by atoms with Gasteiger partial charge in [-0.15, -0.1) is 0 Å². The Kier molecular flexibility index (Phi) is 5.08. The fraction of sp³-hybridized carbons (Fsp3) is 0.148. The fourth-order valence-electron chi connectivity index (χ4n) is 3.99. The molecule has 0 spiro atoms. The average Bonchev–Trinajstić information content (AvgIpc) is 2.75. The molecular weight excluding hydrogens is 340 g/mol. The van der Waals surface area contributed by atoms with Gasteiger partial charge in [-0.3, -0.25) is 4.79 Å². The number of rotatable bonds is 6. The highest BCUT2D eigenvalue weighted by Crippen LogP contribution is 2.34. The van der Waals surface area contributed by atoms with Crippen LogP contribution < -0.4 is 0 Å². The van der Waals surface area contributed by atoms with Crippen molar-refractivity contribution in [1.82, 2.24) is 0 Å². The molecule has 1 nitrogen and oxygen atoms in total. The van der Waals surface area contributed by atoms with E-state index in [0.29, 0.717) is 6.42 Å². The van der Waals surface area contributed by atoms with Crippen LogP contribution in [0.2, 0.25) is 0 Å². The Balaban J connectivity index is 1.69. The third-order valence-electron chi connectivity index (χ3n) is 5.53. The van der Waals surface area contributed by atoms with Crippen LogP contribution in [-0.4, -0.2) is 5.78 Å². The fourth-order valence-corrected chi connectivity index (χ4v) is 3.99. The smallest absolute Gasteiger partial charge is 0.163 e. The molecule has 0 radical (unpaired) electrons. The highest BCUT2D eigenvalue weighted by Gasteiger charge is 2.30. The van der Waals surface area contributed by atoms with E-state index >= 15 is 0 Å². The maximum absolute atomic E-state index is 13.0. The number of Topliss-reactive ketones (excluding diaryl/α,β-unsaturated/α-hetero) is 1. The average molecular weight is 364 g/mol. The highest BCUT2D eigenvalue weighted by molar-refractivity contribution is 5.97. The second-order valence-electron chi connectivity index (χ2n) is 7.75. The molecule has 1 heteroatoms. The number of ketones is 1. The standard InChI is InChI=1S/C27H24O/c1-27(25-14-6-3-7-15-25,20-26(28)23-11-4-2-5-12-23)19-21-16-17-22-10-8-9-13-24(22)18-21/h2-18H,19-20H2,1H3. The normalized spacial score (nSPS) is 13.2. The summed E-state index contributed by atoms with van der Waals surface area (Å²) in [6.07, 6.45) is 1.30. The van der Waals surface area contributed by atoms with Gasteiger partial charge in [-0.25, -0.2) is 0 Å². The van der Waals surface area contributed by atoms with Gasteiger partial charge in [-0.2, -0.15) is 0 Å². The Morgan fingerprint density at radius 2 is 1.32 bits per heavy atom. The molecule has 138 valence electrons. The molecule has 0 saturated heterocycles. The van der Waals surface area contributed by atoms with Gasteiger partial charge >= 0.3 is 0 Å². The van der Waals surface area contributed by atoms with Crippen LogP contribution in [0.4, 0.5) is 0 Å². The summed E-state index contributed by atoms with van der Waals surface area (Å²) in [5.41, 5.74) is 2.97. The summed E-state index contributed by atoms with van der Waals surface area (Å²) in [6.45, 7) is 2.21. The zero-order chi connectivity index (χ0) is 19.4. The third kappa shape index (κ3) is 3.89. The molecule has 4 aromatic carbocycles. The topological polar surface area (TPSA) is 17.1 Å². The van der Waals surface area contributed by atoms with E-state index in [1.54, 1.807) is 0 Å². The Morgan fingerprint density at radius 1 is 0.714 bits per heavy atom. The SMILES string of the molecule is CC(CC(=O)c1ccccc1)(Cc1ccc2ccccc2c1)c1ccccc1. The third-order valence-corrected chi connectivity index (χ3v) is 5.53. The number of hydrogen-bond donors (Lipinski definition) is 0. The lowest BCUT2D eigenvalue weighted by molar-refractivity contribution is 0.0953. The van der Waals surface area contributed by atoms with E-state index in [4.69, 9.17) is 0 Å². The summed E-state index contributed by atoms with van der Waals surface area (Å²) in [6, 6.07) is 35.1. The molecule has 0 N–H and O–H groups in total. The first-order valence-electron chi connectivity index (χ1n) is 9.76. The minimum atomic E-state index is -0.267. The summed E-state index contributed by atoms with van der Waals surface area (Å²) in [5.74, 6) is 0.188. The molecule has 1 unspecified atom stereocenters. The van der Waals surface area contributed by atoms with Gasteiger partial charge in [0.05, 0.1) is 0 Å². The molecule has 0 saturated carbocycles. The van der Waals surface area contributed by atoms with Gasteiger partial charge < -0.3 is 0 Å². The molecule has 0 amide bonds. The number of benzene rings is 4. The monoisotopic (exact) mass is 364 g/mol. The molecule has 0 bridgehead atoms. The minimum absolute atomic E-state index is 0.188. The van der Waals surface area contributed by atoms with Crippen molar-refractivity contribution in [3.63, 3.8) is 0 Å². The van der Waals surface area contributed by atoms with E-state index in [9.17, 15) is 4.79 Å². The molecule has 0 fully saturated rings. The molecule has 0 aliphatic heterocycles. The molecule has 1 atom stereocenters. The Labute approximate surface area is 166 Å². The summed E-state index contributed by atoms with van der Waals surface area (Å²) < 4.78 is 0. The number of fused-ring (bicyclic) bond motifs is 1. The molecule has 4 aromatic rings. The minimum Gasteiger partial charge on any atom is -0.294 e. The number of carbonyl (C=O) groups is 1. The summed E-state index contributed by atoms with van der Waals surface area (Å²) in [4.78, 5) is 13.0. The van der Waals surface area contributed by atoms with E-state index in [0.717, 1.165) is 12.0 Å². The predicted molar refractivity (Wildman–Crippen MR) is 117 cm³/mol. The van der Waals surface area contributed by atoms with Gasteiger partial charge in [0, 0.05) is 17.4 Å². The van der Waals surface area contributed by atoms with Crippen molar-refractivity contribution in [3.8, 4) is 0 Å². The molecule has 0 aliphatic rings. The quantitative estimate of drug-likeness (QED) is 0.352. The largest absolute Gasteiger partial charge is 0.294 e. The number of carbonyl (C=O) groups excluding carboxylic acids is 1. The first-order valence-corrected chi connectivity index (χ1v) is 9.76. The van der Waals surface area contributed by atoms with Crippen LogP contribution in [0.3, 0.4) is 0 Å². The molecule has 28 heavy (non-hydrogen) atoms. The van der Waals surface area contributed by atoms with Crippen LogP contribution in [0, 0.1) is 0 Å². The van der Waals surface area contributed by atoms with Crippen molar-refractivity contribution in [2.45, 2.75) is 25.2 Å². The van der Waals surface area contributed by atoms with Gasteiger partial charge in [-0.05, 0) is 28.3 Å². The molecule has 0 aromatic heterocycles. The van der Waals surface area contributed by atoms with E-state index in [1.807, 2.05) is 36.4 Å². The van der Waals surface area contributed by atoms with Crippen molar-refractivity contribution in [1.29, 1.82) is 0 Å². The second kappa shape index (κ2) is 7.82.